The zero-order chi connectivity index (χ0) is 20.4. The normalized spacial score (nSPS) is 14.0. The standard InChI is InChI=1S/C22H23NO5S/c1-23(15-16-4-5-18-13-19(26-2)7-6-17(18)12-16)29(24,25)20-8-9-21-22(14-20)28-11-3-10-27-21/h4-9,12-14H,3,10-11,15H2,1-2H3. The highest BCUT2D eigenvalue weighted by Crippen LogP contribution is 2.33. The molecule has 0 saturated heterocycles. The average Bonchev–Trinajstić information content (AvgIpc) is 2.98. The van der Waals surface area contributed by atoms with Crippen LogP contribution in [-0.2, 0) is 16.6 Å². The molecule has 1 heterocycles. The van der Waals surface area contributed by atoms with E-state index < -0.39 is 10.0 Å². The van der Waals surface area contributed by atoms with Gasteiger partial charge in [0, 0.05) is 26.1 Å². The van der Waals surface area contributed by atoms with E-state index in [4.69, 9.17) is 14.2 Å². The first-order valence-corrected chi connectivity index (χ1v) is 10.8. The Morgan fingerprint density at radius 3 is 2.45 bits per heavy atom. The lowest BCUT2D eigenvalue weighted by Gasteiger charge is -2.18. The van der Waals surface area contributed by atoms with Gasteiger partial charge < -0.3 is 14.2 Å². The number of benzene rings is 3. The summed E-state index contributed by atoms with van der Waals surface area (Å²) >= 11 is 0. The summed E-state index contributed by atoms with van der Waals surface area (Å²) in [7, 11) is -0.455. The van der Waals surface area contributed by atoms with Gasteiger partial charge in [-0.1, -0.05) is 18.2 Å². The summed E-state index contributed by atoms with van der Waals surface area (Å²) in [4.78, 5) is 0.190. The van der Waals surface area contributed by atoms with Crippen LogP contribution in [0.1, 0.15) is 12.0 Å². The van der Waals surface area contributed by atoms with Gasteiger partial charge in [0.15, 0.2) is 11.5 Å². The Morgan fingerprint density at radius 2 is 1.66 bits per heavy atom. The first-order chi connectivity index (χ1) is 14.0. The number of rotatable bonds is 5. The second kappa shape index (κ2) is 7.93. The summed E-state index contributed by atoms with van der Waals surface area (Å²) in [6.45, 7) is 1.33. The predicted octanol–water partition coefficient (Wildman–Crippen LogP) is 3.83. The Hall–Kier alpha value is -2.77. The van der Waals surface area contributed by atoms with Gasteiger partial charge in [0.05, 0.1) is 25.2 Å². The average molecular weight is 413 g/mol. The van der Waals surface area contributed by atoms with Crippen molar-refractivity contribution < 1.29 is 22.6 Å². The third-order valence-electron chi connectivity index (χ3n) is 4.94. The third-order valence-corrected chi connectivity index (χ3v) is 6.74. The minimum Gasteiger partial charge on any atom is -0.497 e. The number of ether oxygens (including phenoxy) is 3. The molecule has 29 heavy (non-hydrogen) atoms. The van der Waals surface area contributed by atoms with Crippen molar-refractivity contribution in [2.24, 2.45) is 0 Å². The lowest BCUT2D eigenvalue weighted by Crippen LogP contribution is -2.26. The van der Waals surface area contributed by atoms with Crippen molar-refractivity contribution in [1.82, 2.24) is 4.31 Å². The summed E-state index contributed by atoms with van der Waals surface area (Å²) in [5.74, 6) is 1.84. The summed E-state index contributed by atoms with van der Waals surface area (Å²) < 4.78 is 44.0. The summed E-state index contributed by atoms with van der Waals surface area (Å²) in [5.41, 5.74) is 0.906. The molecule has 152 valence electrons. The van der Waals surface area contributed by atoms with Crippen LogP contribution in [0.5, 0.6) is 17.2 Å². The van der Waals surface area contributed by atoms with Crippen LogP contribution in [0.25, 0.3) is 10.8 Å². The van der Waals surface area contributed by atoms with Gasteiger partial charge in [0.25, 0.3) is 0 Å². The Morgan fingerprint density at radius 1 is 0.931 bits per heavy atom. The van der Waals surface area contributed by atoms with Gasteiger partial charge in [0.2, 0.25) is 10.0 Å². The topological polar surface area (TPSA) is 65.1 Å². The van der Waals surface area contributed by atoms with E-state index in [1.54, 1.807) is 32.4 Å². The van der Waals surface area contributed by atoms with Crippen LogP contribution in [0, 0.1) is 0 Å². The van der Waals surface area contributed by atoms with E-state index in [-0.39, 0.29) is 11.4 Å². The smallest absolute Gasteiger partial charge is 0.243 e. The minimum atomic E-state index is -3.67. The Labute approximate surface area is 170 Å². The molecule has 7 heteroatoms. The molecule has 0 fully saturated rings. The molecule has 0 saturated carbocycles. The molecule has 0 aliphatic carbocycles. The van der Waals surface area contributed by atoms with Gasteiger partial charge in [-0.2, -0.15) is 4.31 Å². The molecule has 0 bridgehead atoms. The molecule has 0 spiro atoms. The summed E-state index contributed by atoms with van der Waals surface area (Å²) in [6, 6.07) is 16.5. The van der Waals surface area contributed by atoms with Crippen molar-refractivity contribution in [2.75, 3.05) is 27.4 Å². The zero-order valence-electron chi connectivity index (χ0n) is 16.4. The Kier molecular flexibility index (Phi) is 5.34. The van der Waals surface area contributed by atoms with Crippen LogP contribution in [0.3, 0.4) is 0 Å². The maximum atomic E-state index is 13.1. The number of hydrogen-bond acceptors (Lipinski definition) is 5. The van der Waals surface area contributed by atoms with Gasteiger partial charge in [0.1, 0.15) is 5.75 Å². The third kappa shape index (κ3) is 4.02. The van der Waals surface area contributed by atoms with E-state index in [1.165, 1.54) is 4.31 Å². The lowest BCUT2D eigenvalue weighted by atomic mass is 10.1. The molecular weight excluding hydrogens is 390 g/mol. The molecule has 0 atom stereocenters. The van der Waals surface area contributed by atoms with Crippen LogP contribution in [0.4, 0.5) is 0 Å². The molecule has 1 aliphatic heterocycles. The fourth-order valence-electron chi connectivity index (χ4n) is 3.32. The monoisotopic (exact) mass is 413 g/mol. The van der Waals surface area contributed by atoms with E-state index in [0.29, 0.717) is 24.7 Å². The SMILES string of the molecule is COc1ccc2cc(CN(C)S(=O)(=O)c3ccc4c(c3)OCCCO4)ccc2c1. The number of hydrogen-bond donors (Lipinski definition) is 0. The second-order valence-electron chi connectivity index (χ2n) is 6.97. The maximum absolute atomic E-state index is 13.1. The first-order valence-electron chi connectivity index (χ1n) is 9.40. The quantitative estimate of drug-likeness (QED) is 0.636. The molecule has 1 aliphatic rings. The number of nitrogens with zero attached hydrogens (tertiary/aromatic N) is 1. The van der Waals surface area contributed by atoms with Gasteiger partial charge in [-0.05, 0) is 46.7 Å². The van der Waals surface area contributed by atoms with Crippen molar-refractivity contribution in [3.05, 3.63) is 60.2 Å². The molecule has 3 aromatic rings. The van der Waals surface area contributed by atoms with E-state index in [2.05, 4.69) is 0 Å². The molecule has 6 nitrogen and oxygen atoms in total. The Bertz CT molecular complexity index is 1140. The van der Waals surface area contributed by atoms with Gasteiger partial charge in [-0.15, -0.1) is 0 Å². The molecule has 0 N–H and O–H groups in total. The van der Waals surface area contributed by atoms with Crippen LogP contribution in [0.15, 0.2) is 59.5 Å². The largest absolute Gasteiger partial charge is 0.497 e. The molecule has 0 aromatic heterocycles. The summed E-state index contributed by atoms with van der Waals surface area (Å²) in [6.07, 6.45) is 0.768. The summed E-state index contributed by atoms with van der Waals surface area (Å²) in [5, 5.41) is 2.08. The lowest BCUT2D eigenvalue weighted by molar-refractivity contribution is 0.297. The highest BCUT2D eigenvalue weighted by atomic mass is 32.2. The molecule has 4 rings (SSSR count). The predicted molar refractivity (Wildman–Crippen MR) is 111 cm³/mol. The number of sulfonamides is 1. The van der Waals surface area contributed by atoms with E-state index in [1.807, 2.05) is 36.4 Å². The number of methoxy groups -OCH3 is 1. The van der Waals surface area contributed by atoms with Crippen molar-refractivity contribution in [3.8, 4) is 17.2 Å². The molecule has 0 radical (unpaired) electrons. The highest BCUT2D eigenvalue weighted by Gasteiger charge is 2.23. The van der Waals surface area contributed by atoms with Crippen molar-refractivity contribution >= 4 is 20.8 Å². The maximum Gasteiger partial charge on any atom is 0.243 e. The van der Waals surface area contributed by atoms with Gasteiger partial charge >= 0.3 is 0 Å². The molecule has 0 unspecified atom stereocenters. The van der Waals surface area contributed by atoms with Crippen LogP contribution >= 0.6 is 0 Å². The van der Waals surface area contributed by atoms with Gasteiger partial charge in [-0.3, -0.25) is 0 Å². The second-order valence-corrected chi connectivity index (χ2v) is 9.01. The van der Waals surface area contributed by atoms with Crippen molar-refractivity contribution in [2.45, 2.75) is 17.9 Å². The highest BCUT2D eigenvalue weighted by molar-refractivity contribution is 7.89. The first kappa shape index (κ1) is 19.5. The molecule has 3 aromatic carbocycles. The van der Waals surface area contributed by atoms with Crippen molar-refractivity contribution in [1.29, 1.82) is 0 Å². The van der Waals surface area contributed by atoms with Crippen LogP contribution < -0.4 is 14.2 Å². The minimum absolute atomic E-state index is 0.190. The van der Waals surface area contributed by atoms with E-state index >= 15 is 0 Å². The van der Waals surface area contributed by atoms with Crippen LogP contribution in [0.2, 0.25) is 0 Å². The Balaban J connectivity index is 1.58. The molecule has 0 amide bonds. The number of fused-ring (bicyclic) bond motifs is 2. The molecular formula is C22H23NO5S. The zero-order valence-corrected chi connectivity index (χ0v) is 17.2. The van der Waals surface area contributed by atoms with Crippen molar-refractivity contribution in [3.63, 3.8) is 0 Å². The van der Waals surface area contributed by atoms with E-state index in [0.717, 1.165) is 28.5 Å². The fourth-order valence-corrected chi connectivity index (χ4v) is 4.50. The van der Waals surface area contributed by atoms with Gasteiger partial charge in [-0.25, -0.2) is 8.42 Å². The fraction of sp³-hybridized carbons (Fsp3) is 0.273. The van der Waals surface area contributed by atoms with Crippen LogP contribution in [-0.4, -0.2) is 40.1 Å². The van der Waals surface area contributed by atoms with E-state index in [9.17, 15) is 8.42 Å².